The van der Waals surface area contributed by atoms with E-state index in [1.54, 1.807) is 13.8 Å². The van der Waals surface area contributed by atoms with Crippen molar-refractivity contribution in [2.75, 3.05) is 6.54 Å². The van der Waals surface area contributed by atoms with E-state index in [9.17, 15) is 24.3 Å². The molecule has 0 radical (unpaired) electrons. The Morgan fingerprint density at radius 2 is 1.46 bits per heavy atom. The fraction of sp³-hybridized carbons (Fsp3) is 0.565. The van der Waals surface area contributed by atoms with Crippen molar-refractivity contribution in [3.63, 3.8) is 0 Å². The number of H-pyrrole nitrogens is 2. The van der Waals surface area contributed by atoms with Crippen LogP contribution in [0.15, 0.2) is 25.0 Å². The minimum atomic E-state index is -1.24. The molecule has 3 amide bonds. The topological polar surface area (TPSA) is 234 Å². The predicted octanol–water partition coefficient (Wildman–Crippen LogP) is -1.43. The number of nitrogens with zero attached hydrogens (tertiary/aromatic N) is 2. The maximum Gasteiger partial charge on any atom is 0.326 e. The van der Waals surface area contributed by atoms with Crippen molar-refractivity contribution in [3.8, 4) is 0 Å². The van der Waals surface area contributed by atoms with Crippen LogP contribution in [-0.4, -0.2) is 79.4 Å². The molecule has 4 unspecified atom stereocenters. The van der Waals surface area contributed by atoms with Gasteiger partial charge >= 0.3 is 5.97 Å². The van der Waals surface area contributed by atoms with Crippen LogP contribution >= 0.6 is 0 Å². The predicted molar refractivity (Wildman–Crippen MR) is 134 cm³/mol. The van der Waals surface area contributed by atoms with Gasteiger partial charge in [-0.1, -0.05) is 20.3 Å². The second-order valence-corrected chi connectivity index (χ2v) is 9.14. The highest BCUT2D eigenvalue weighted by molar-refractivity contribution is 5.94. The number of carboxylic acid groups (broad SMARTS) is 1. The van der Waals surface area contributed by atoms with Crippen LogP contribution in [0.25, 0.3) is 0 Å². The van der Waals surface area contributed by atoms with Crippen LogP contribution in [0.1, 0.15) is 44.5 Å². The van der Waals surface area contributed by atoms with E-state index in [2.05, 4.69) is 35.9 Å². The highest BCUT2D eigenvalue weighted by Gasteiger charge is 2.32. The zero-order valence-electron chi connectivity index (χ0n) is 21.1. The van der Waals surface area contributed by atoms with Gasteiger partial charge in [0.15, 0.2) is 0 Å². The average Bonchev–Trinajstić information content (AvgIpc) is 3.55. The maximum absolute atomic E-state index is 13.3. The van der Waals surface area contributed by atoms with E-state index in [1.165, 1.54) is 25.0 Å². The third-order valence-corrected chi connectivity index (χ3v) is 5.76. The maximum atomic E-state index is 13.3. The third kappa shape index (κ3) is 9.65. The Labute approximate surface area is 214 Å². The number of hydrogen-bond acceptors (Lipinski definition) is 8. The number of amides is 3. The Kier molecular flexibility index (Phi) is 11.7. The summed E-state index contributed by atoms with van der Waals surface area (Å²) >= 11 is 0. The van der Waals surface area contributed by atoms with Gasteiger partial charge in [0, 0.05) is 36.6 Å². The second kappa shape index (κ2) is 14.7. The Balaban J connectivity index is 2.11. The van der Waals surface area contributed by atoms with Gasteiger partial charge in [-0.2, -0.15) is 0 Å². The number of unbranched alkanes of at least 4 members (excludes halogenated alkanes) is 1. The number of nitrogens with two attached hydrogens (primary N) is 2. The summed E-state index contributed by atoms with van der Waals surface area (Å²) in [6.45, 7) is 3.92. The van der Waals surface area contributed by atoms with E-state index in [0.29, 0.717) is 30.8 Å². The van der Waals surface area contributed by atoms with Crippen molar-refractivity contribution in [2.45, 2.75) is 70.1 Å². The van der Waals surface area contributed by atoms with Crippen LogP contribution in [0.4, 0.5) is 0 Å². The molecular weight excluding hydrogens is 482 g/mol. The number of rotatable bonds is 16. The molecule has 14 nitrogen and oxygen atoms in total. The number of carboxylic acids is 1. The van der Waals surface area contributed by atoms with E-state index in [0.717, 1.165) is 6.42 Å². The quantitative estimate of drug-likeness (QED) is 0.121. The van der Waals surface area contributed by atoms with Crippen molar-refractivity contribution in [2.24, 2.45) is 17.4 Å². The summed E-state index contributed by atoms with van der Waals surface area (Å²) in [5.74, 6) is -3.41. The van der Waals surface area contributed by atoms with Crippen LogP contribution < -0.4 is 27.4 Å². The first-order chi connectivity index (χ1) is 17.6. The molecule has 0 aromatic carbocycles. The molecule has 0 bridgehead atoms. The molecule has 0 spiro atoms. The number of hydrogen-bond donors (Lipinski definition) is 8. The minimum absolute atomic E-state index is 0.0135. The molecule has 0 aliphatic heterocycles. The molecule has 0 aliphatic rings. The van der Waals surface area contributed by atoms with E-state index >= 15 is 0 Å². The molecule has 0 aliphatic carbocycles. The highest BCUT2D eigenvalue weighted by atomic mass is 16.4. The SMILES string of the molecule is CC(C)C(NC(=O)C(Cc1cnc[nH]1)NC(=O)C(N)CCCCN)C(=O)NC(Cc1cnc[nH]1)C(=O)O. The molecule has 10 N–H and O–H groups in total. The summed E-state index contributed by atoms with van der Waals surface area (Å²) in [6, 6.07) is -4.18. The van der Waals surface area contributed by atoms with Gasteiger partial charge in [-0.25, -0.2) is 14.8 Å². The van der Waals surface area contributed by atoms with Crippen molar-refractivity contribution in [1.29, 1.82) is 0 Å². The van der Waals surface area contributed by atoms with Gasteiger partial charge < -0.3 is 42.5 Å². The monoisotopic (exact) mass is 519 g/mol. The van der Waals surface area contributed by atoms with Gasteiger partial charge in [-0.05, 0) is 25.3 Å². The van der Waals surface area contributed by atoms with Gasteiger partial charge in [0.2, 0.25) is 17.7 Å². The fourth-order valence-electron chi connectivity index (χ4n) is 3.61. The van der Waals surface area contributed by atoms with Crippen molar-refractivity contribution in [3.05, 3.63) is 36.4 Å². The number of carbonyl (C=O) groups excluding carboxylic acids is 3. The van der Waals surface area contributed by atoms with Crippen LogP contribution in [0.5, 0.6) is 0 Å². The van der Waals surface area contributed by atoms with Gasteiger partial charge in [0.1, 0.15) is 18.1 Å². The second-order valence-electron chi connectivity index (χ2n) is 9.14. The number of aromatic amines is 2. The smallest absolute Gasteiger partial charge is 0.326 e. The zero-order valence-corrected chi connectivity index (χ0v) is 21.1. The van der Waals surface area contributed by atoms with Gasteiger partial charge in [-0.15, -0.1) is 0 Å². The Hall–Kier alpha value is -3.78. The van der Waals surface area contributed by atoms with Gasteiger partial charge in [0.05, 0.1) is 18.7 Å². The van der Waals surface area contributed by atoms with E-state index in [4.69, 9.17) is 11.5 Å². The lowest BCUT2D eigenvalue weighted by atomic mass is 10.0. The summed E-state index contributed by atoms with van der Waals surface area (Å²) < 4.78 is 0. The lowest BCUT2D eigenvalue weighted by Gasteiger charge is -2.27. The summed E-state index contributed by atoms with van der Waals surface area (Å²) in [5.41, 5.74) is 12.6. The van der Waals surface area contributed by atoms with E-state index in [-0.39, 0.29) is 18.8 Å². The highest BCUT2D eigenvalue weighted by Crippen LogP contribution is 2.08. The Bertz CT molecular complexity index is 994. The number of aliphatic carboxylic acids is 1. The molecule has 0 fully saturated rings. The number of aromatic nitrogens is 4. The first-order valence-corrected chi connectivity index (χ1v) is 12.2. The summed E-state index contributed by atoms with van der Waals surface area (Å²) in [7, 11) is 0. The van der Waals surface area contributed by atoms with Crippen LogP contribution in [-0.2, 0) is 32.0 Å². The van der Waals surface area contributed by atoms with E-state index < -0.39 is 47.9 Å². The average molecular weight is 520 g/mol. The summed E-state index contributed by atoms with van der Waals surface area (Å²) in [4.78, 5) is 64.2. The summed E-state index contributed by atoms with van der Waals surface area (Å²) in [5, 5.41) is 17.4. The minimum Gasteiger partial charge on any atom is -0.480 e. The molecule has 0 saturated heterocycles. The lowest BCUT2D eigenvalue weighted by molar-refractivity contribution is -0.142. The first-order valence-electron chi connectivity index (χ1n) is 12.2. The molecule has 2 aromatic rings. The summed E-state index contributed by atoms with van der Waals surface area (Å²) in [6.07, 6.45) is 7.71. The largest absolute Gasteiger partial charge is 0.480 e. The molecule has 2 aromatic heterocycles. The molecular formula is C23H37N9O5. The van der Waals surface area contributed by atoms with Crippen LogP contribution in [0.2, 0.25) is 0 Å². The molecule has 4 atom stereocenters. The standard InChI is InChI=1S/C23H37N9O5/c1-13(2)19(22(35)31-18(23(36)37)8-15-10-27-12-29-15)32-21(34)17(7-14-9-26-11-28-14)30-20(33)16(25)5-3-4-6-24/h9-13,16-19H,3-8,24-25H2,1-2H3,(H,26,28)(H,27,29)(H,30,33)(H,31,35)(H,32,34)(H,36,37). The number of nitrogens with one attached hydrogen (secondary N) is 5. The van der Waals surface area contributed by atoms with E-state index in [1.807, 2.05) is 0 Å². The lowest BCUT2D eigenvalue weighted by Crippen LogP contribution is -2.59. The van der Waals surface area contributed by atoms with Gasteiger partial charge in [-0.3, -0.25) is 14.4 Å². The molecule has 14 heteroatoms. The Morgan fingerprint density at radius 3 is 1.95 bits per heavy atom. The van der Waals surface area contributed by atoms with Crippen molar-refractivity contribution in [1.82, 2.24) is 35.9 Å². The van der Waals surface area contributed by atoms with Crippen LogP contribution in [0.3, 0.4) is 0 Å². The van der Waals surface area contributed by atoms with Crippen LogP contribution in [0, 0.1) is 5.92 Å². The molecule has 2 rings (SSSR count). The molecule has 0 saturated carbocycles. The Morgan fingerprint density at radius 1 is 0.892 bits per heavy atom. The van der Waals surface area contributed by atoms with Crippen molar-refractivity contribution < 1.29 is 24.3 Å². The number of imidazole rings is 2. The zero-order chi connectivity index (χ0) is 27.4. The molecule has 204 valence electrons. The third-order valence-electron chi connectivity index (χ3n) is 5.76. The fourth-order valence-corrected chi connectivity index (χ4v) is 3.61. The van der Waals surface area contributed by atoms with Gasteiger partial charge in [0.25, 0.3) is 0 Å². The normalized spacial score (nSPS) is 14.4. The molecule has 2 heterocycles. The van der Waals surface area contributed by atoms with Crippen molar-refractivity contribution >= 4 is 23.7 Å². The first kappa shape index (κ1) is 29.5. The number of carbonyl (C=O) groups is 4. The molecule has 37 heavy (non-hydrogen) atoms.